The Morgan fingerprint density at radius 3 is 1.86 bits per heavy atom. The van der Waals surface area contributed by atoms with Gasteiger partial charge in [0.1, 0.15) is 0 Å². The van der Waals surface area contributed by atoms with Crippen LogP contribution in [-0.4, -0.2) is 44.9 Å². The lowest BCUT2D eigenvalue weighted by molar-refractivity contribution is -0.269. The van der Waals surface area contributed by atoms with Crippen LogP contribution in [0.2, 0.25) is 0 Å². The number of imide groups is 1. The van der Waals surface area contributed by atoms with Gasteiger partial charge in [-0.3, -0.25) is 19.3 Å². The van der Waals surface area contributed by atoms with Crippen molar-refractivity contribution >= 4 is 28.6 Å². The summed E-state index contributed by atoms with van der Waals surface area (Å²) >= 11 is 0. The highest BCUT2D eigenvalue weighted by Gasteiger charge is 2.52. The first-order chi connectivity index (χ1) is 13.5. The number of hydrogen-bond donors (Lipinski definition) is 0. The number of nitrogens with zero attached hydrogens (tertiary/aromatic N) is 2. The van der Waals surface area contributed by atoms with Gasteiger partial charge in [0.2, 0.25) is 0 Å². The quantitative estimate of drug-likeness (QED) is 0.722. The van der Waals surface area contributed by atoms with Crippen LogP contribution in [0.1, 0.15) is 68.2 Å². The van der Waals surface area contributed by atoms with E-state index >= 15 is 0 Å². The van der Waals surface area contributed by atoms with Gasteiger partial charge >= 0.3 is 5.97 Å². The summed E-state index contributed by atoms with van der Waals surface area (Å²) in [6.45, 7) is 9.26. The molecule has 1 saturated heterocycles. The molecule has 0 unspecified atom stereocenters. The standard InChI is InChI=1S/C23H26N2O4/c1-14(26)29-25-22(2,3)12-16(13-23(25,4)5)24-20(27)17-10-6-8-15-9-7-11-18(19(15)17)21(24)28/h6-11,16H,12-13H2,1-5H3. The second kappa shape index (κ2) is 6.39. The molecule has 6 heteroatoms. The number of hydroxylamine groups is 2. The molecule has 2 amide bonds. The van der Waals surface area contributed by atoms with Crippen molar-refractivity contribution in [3.63, 3.8) is 0 Å². The van der Waals surface area contributed by atoms with Crippen LogP contribution < -0.4 is 0 Å². The number of carbonyl (C=O) groups excluding carboxylic acids is 3. The summed E-state index contributed by atoms with van der Waals surface area (Å²) in [5.74, 6) is -0.885. The van der Waals surface area contributed by atoms with E-state index in [1.54, 1.807) is 17.2 Å². The summed E-state index contributed by atoms with van der Waals surface area (Å²) < 4.78 is 0. The van der Waals surface area contributed by atoms with Gasteiger partial charge in [-0.25, -0.2) is 0 Å². The first kappa shape index (κ1) is 19.6. The van der Waals surface area contributed by atoms with Gasteiger partial charge in [-0.05, 0) is 58.1 Å². The average Bonchev–Trinajstić information content (AvgIpc) is 2.62. The van der Waals surface area contributed by atoms with Gasteiger partial charge in [-0.1, -0.05) is 24.3 Å². The lowest BCUT2D eigenvalue weighted by atomic mass is 9.77. The Labute approximate surface area is 170 Å². The highest BCUT2D eigenvalue weighted by molar-refractivity contribution is 6.25. The number of piperidine rings is 1. The Morgan fingerprint density at radius 2 is 1.41 bits per heavy atom. The van der Waals surface area contributed by atoms with E-state index in [2.05, 4.69) is 0 Å². The minimum absolute atomic E-state index is 0.253. The normalized spacial score (nSPS) is 21.5. The monoisotopic (exact) mass is 394 g/mol. The zero-order valence-corrected chi connectivity index (χ0v) is 17.5. The van der Waals surface area contributed by atoms with E-state index in [4.69, 9.17) is 4.84 Å². The summed E-state index contributed by atoms with van der Waals surface area (Å²) in [6, 6.07) is 10.8. The summed E-state index contributed by atoms with van der Waals surface area (Å²) in [5, 5.41) is 3.34. The second-order valence-corrected chi connectivity index (χ2v) is 9.25. The predicted octanol–water partition coefficient (Wildman–Crippen LogP) is 3.94. The van der Waals surface area contributed by atoms with E-state index in [0.29, 0.717) is 24.0 Å². The number of hydrogen-bond acceptors (Lipinski definition) is 5. The summed E-state index contributed by atoms with van der Waals surface area (Å²) in [7, 11) is 0. The van der Waals surface area contributed by atoms with Crippen molar-refractivity contribution in [1.82, 2.24) is 9.96 Å². The van der Waals surface area contributed by atoms with Crippen molar-refractivity contribution in [3.05, 3.63) is 47.5 Å². The third-order valence-corrected chi connectivity index (χ3v) is 5.96. The minimum Gasteiger partial charge on any atom is -0.367 e. The van der Waals surface area contributed by atoms with E-state index in [1.807, 2.05) is 52.0 Å². The van der Waals surface area contributed by atoms with E-state index in [0.717, 1.165) is 10.8 Å². The molecule has 2 aliphatic heterocycles. The maximum absolute atomic E-state index is 13.4. The molecule has 0 radical (unpaired) electrons. The predicted molar refractivity (Wildman–Crippen MR) is 109 cm³/mol. The van der Waals surface area contributed by atoms with E-state index in [-0.39, 0.29) is 23.8 Å². The SMILES string of the molecule is CC(=O)ON1C(C)(C)CC(N2C(=O)c3cccc4cccc(c34)C2=O)CC1(C)C. The molecule has 0 spiro atoms. The van der Waals surface area contributed by atoms with Crippen LogP contribution in [0, 0.1) is 0 Å². The molecule has 2 aromatic carbocycles. The molecular weight excluding hydrogens is 368 g/mol. The molecule has 2 aromatic rings. The summed E-state index contributed by atoms with van der Waals surface area (Å²) in [4.78, 5) is 45.4. The Hall–Kier alpha value is -2.73. The average molecular weight is 394 g/mol. The van der Waals surface area contributed by atoms with Crippen LogP contribution in [0.3, 0.4) is 0 Å². The van der Waals surface area contributed by atoms with Crippen molar-refractivity contribution in [2.24, 2.45) is 0 Å². The van der Waals surface area contributed by atoms with E-state index in [1.165, 1.54) is 11.8 Å². The van der Waals surface area contributed by atoms with Crippen LogP contribution in [0.25, 0.3) is 10.8 Å². The Kier molecular flexibility index (Phi) is 4.31. The number of benzene rings is 2. The van der Waals surface area contributed by atoms with Gasteiger partial charge in [0.25, 0.3) is 11.8 Å². The van der Waals surface area contributed by atoms with Gasteiger partial charge in [0.05, 0.1) is 11.1 Å². The smallest absolute Gasteiger partial charge is 0.322 e. The molecule has 0 saturated carbocycles. The summed E-state index contributed by atoms with van der Waals surface area (Å²) in [6.07, 6.45) is 1.03. The molecule has 0 bridgehead atoms. The summed E-state index contributed by atoms with van der Waals surface area (Å²) in [5.41, 5.74) is 0.0509. The second-order valence-electron chi connectivity index (χ2n) is 9.25. The maximum Gasteiger partial charge on any atom is 0.322 e. The molecular formula is C23H26N2O4. The highest BCUT2D eigenvalue weighted by Crippen LogP contribution is 2.42. The first-order valence-electron chi connectivity index (χ1n) is 9.91. The number of amides is 2. The van der Waals surface area contributed by atoms with Crippen LogP contribution >= 0.6 is 0 Å². The largest absolute Gasteiger partial charge is 0.367 e. The van der Waals surface area contributed by atoms with Crippen LogP contribution in [0.4, 0.5) is 0 Å². The van der Waals surface area contributed by atoms with E-state index in [9.17, 15) is 14.4 Å². The highest BCUT2D eigenvalue weighted by atomic mass is 16.7. The molecule has 2 aliphatic rings. The lowest BCUT2D eigenvalue weighted by Gasteiger charge is -2.54. The van der Waals surface area contributed by atoms with Crippen molar-refractivity contribution in [3.8, 4) is 0 Å². The van der Waals surface area contributed by atoms with Crippen LogP contribution in [-0.2, 0) is 9.63 Å². The van der Waals surface area contributed by atoms with Gasteiger partial charge in [-0.15, -0.1) is 5.06 Å². The third-order valence-electron chi connectivity index (χ3n) is 5.96. The molecule has 0 atom stereocenters. The van der Waals surface area contributed by atoms with Crippen molar-refractivity contribution in [2.75, 3.05) is 0 Å². The first-order valence-corrected chi connectivity index (χ1v) is 9.91. The molecule has 0 N–H and O–H groups in total. The Morgan fingerprint density at radius 1 is 0.931 bits per heavy atom. The molecule has 2 heterocycles. The van der Waals surface area contributed by atoms with Crippen molar-refractivity contribution in [2.45, 2.75) is 64.6 Å². The minimum atomic E-state index is -0.540. The zero-order chi connectivity index (χ0) is 21.1. The molecule has 1 fully saturated rings. The molecule has 152 valence electrons. The van der Waals surface area contributed by atoms with Gasteiger partial charge < -0.3 is 4.84 Å². The van der Waals surface area contributed by atoms with E-state index < -0.39 is 11.1 Å². The zero-order valence-electron chi connectivity index (χ0n) is 17.5. The van der Waals surface area contributed by atoms with Crippen molar-refractivity contribution < 1.29 is 19.2 Å². The van der Waals surface area contributed by atoms with Crippen LogP contribution in [0.5, 0.6) is 0 Å². The maximum atomic E-state index is 13.4. The van der Waals surface area contributed by atoms with Gasteiger partial charge in [-0.2, -0.15) is 0 Å². The Balaban J connectivity index is 1.76. The topological polar surface area (TPSA) is 66.9 Å². The fourth-order valence-electron chi connectivity index (χ4n) is 5.15. The molecule has 4 rings (SSSR count). The number of rotatable bonds is 2. The van der Waals surface area contributed by atoms with Crippen molar-refractivity contribution in [1.29, 1.82) is 0 Å². The molecule has 6 nitrogen and oxygen atoms in total. The molecule has 29 heavy (non-hydrogen) atoms. The fourth-order valence-corrected chi connectivity index (χ4v) is 5.15. The van der Waals surface area contributed by atoms with Gasteiger partial charge in [0.15, 0.2) is 0 Å². The molecule has 0 aliphatic carbocycles. The Bertz CT molecular complexity index is 972. The van der Waals surface area contributed by atoms with Crippen LogP contribution in [0.15, 0.2) is 36.4 Å². The number of carbonyl (C=O) groups is 3. The lowest BCUT2D eigenvalue weighted by Crippen LogP contribution is -2.65. The third kappa shape index (κ3) is 3.02. The fraction of sp³-hybridized carbons (Fsp3) is 0.435. The van der Waals surface area contributed by atoms with Gasteiger partial charge in [0, 0.05) is 29.5 Å². The molecule has 0 aromatic heterocycles.